The minimum atomic E-state index is -2.92. The molecule has 3 amide bonds. The van der Waals surface area contributed by atoms with E-state index in [0.29, 0.717) is 49.0 Å². The van der Waals surface area contributed by atoms with Crippen LogP contribution in [-0.2, 0) is 11.3 Å². The van der Waals surface area contributed by atoms with E-state index in [4.69, 9.17) is 0 Å². The van der Waals surface area contributed by atoms with E-state index in [0.717, 1.165) is 6.07 Å². The minimum Gasteiger partial charge on any atom is -0.363 e. The van der Waals surface area contributed by atoms with Crippen LogP contribution in [0.4, 0.5) is 29.6 Å². The number of aryl methyl sites for hydroxylation is 1. The lowest BCUT2D eigenvalue weighted by Gasteiger charge is -2.40. The van der Waals surface area contributed by atoms with Crippen LogP contribution in [0, 0.1) is 12.7 Å². The number of aromatic nitrogens is 2. The third kappa shape index (κ3) is 4.64. The van der Waals surface area contributed by atoms with Gasteiger partial charge in [0.1, 0.15) is 23.3 Å². The number of urea groups is 1. The largest absolute Gasteiger partial charge is 0.363 e. The second-order valence-corrected chi connectivity index (χ2v) is 8.66. The molecule has 2 aliphatic heterocycles. The number of fused-ring (bicyclic) bond motifs is 1. The summed E-state index contributed by atoms with van der Waals surface area (Å²) >= 11 is 0. The molecular weight excluding hydrogens is 449 g/mol. The maximum Gasteiger partial charge on any atom is 0.323 e. The highest BCUT2D eigenvalue weighted by atomic mass is 19.3. The van der Waals surface area contributed by atoms with Gasteiger partial charge in [-0.3, -0.25) is 10.1 Å². The number of nitrogens with one attached hydrogen (secondary N) is 2. The first-order chi connectivity index (χ1) is 16.2. The van der Waals surface area contributed by atoms with Gasteiger partial charge in [-0.1, -0.05) is 18.2 Å². The van der Waals surface area contributed by atoms with E-state index in [1.165, 1.54) is 19.1 Å². The first-order valence-corrected chi connectivity index (χ1v) is 11.2. The molecule has 1 fully saturated rings. The molecule has 0 aliphatic carbocycles. The average molecular weight is 477 g/mol. The van der Waals surface area contributed by atoms with Crippen molar-refractivity contribution in [3.63, 3.8) is 0 Å². The Morgan fingerprint density at radius 3 is 2.53 bits per heavy atom. The second-order valence-electron chi connectivity index (χ2n) is 8.66. The Labute approximate surface area is 195 Å². The maximum absolute atomic E-state index is 14.7. The normalized spacial score (nSPS) is 17.4. The summed E-state index contributed by atoms with van der Waals surface area (Å²) in [6, 6.07) is 2.92. The minimum absolute atomic E-state index is 0.0133. The molecule has 1 atom stereocenters. The second kappa shape index (κ2) is 9.47. The van der Waals surface area contributed by atoms with Crippen LogP contribution < -0.4 is 10.6 Å². The zero-order valence-electron chi connectivity index (χ0n) is 19.2. The van der Waals surface area contributed by atoms with Crippen LogP contribution in [0.1, 0.15) is 61.7 Å². The predicted octanol–water partition coefficient (Wildman–Crippen LogP) is 4.39. The third-order valence-electron chi connectivity index (χ3n) is 6.40. The average Bonchev–Trinajstić information content (AvgIpc) is 2.78. The van der Waals surface area contributed by atoms with Gasteiger partial charge in [-0.2, -0.15) is 0 Å². The van der Waals surface area contributed by atoms with Crippen LogP contribution in [0.25, 0.3) is 0 Å². The zero-order chi connectivity index (χ0) is 24.6. The van der Waals surface area contributed by atoms with Gasteiger partial charge >= 0.3 is 6.03 Å². The van der Waals surface area contributed by atoms with Crippen molar-refractivity contribution >= 4 is 23.6 Å². The lowest BCUT2D eigenvalue weighted by atomic mass is 10.0. The van der Waals surface area contributed by atoms with Crippen molar-refractivity contribution < 1.29 is 22.8 Å². The lowest BCUT2D eigenvalue weighted by molar-refractivity contribution is -0.130. The Balaban J connectivity index is 1.58. The Morgan fingerprint density at radius 2 is 1.88 bits per heavy atom. The number of nitrogens with zero attached hydrogens (tertiary/aromatic N) is 4. The molecule has 2 N–H and O–H groups in total. The van der Waals surface area contributed by atoms with Crippen LogP contribution >= 0.6 is 0 Å². The Morgan fingerprint density at radius 1 is 1.21 bits per heavy atom. The molecule has 0 radical (unpaired) electrons. The quantitative estimate of drug-likeness (QED) is 0.668. The summed E-state index contributed by atoms with van der Waals surface area (Å²) in [4.78, 5) is 36.7. The molecule has 11 heteroatoms. The van der Waals surface area contributed by atoms with Crippen LogP contribution in [0.15, 0.2) is 18.2 Å². The topological polar surface area (TPSA) is 90.5 Å². The molecule has 1 aromatic heterocycles. The molecule has 3 heterocycles. The van der Waals surface area contributed by atoms with Crippen molar-refractivity contribution in [2.45, 2.75) is 58.7 Å². The molecule has 2 aliphatic rings. The summed E-state index contributed by atoms with van der Waals surface area (Å²) in [6.45, 7) is 6.24. The highest BCUT2D eigenvalue weighted by Crippen LogP contribution is 2.34. The Hall–Kier alpha value is -3.37. The number of halogens is 3. The van der Waals surface area contributed by atoms with Gasteiger partial charge in [0.25, 0.3) is 6.43 Å². The van der Waals surface area contributed by atoms with Crippen molar-refractivity contribution in [3.8, 4) is 0 Å². The van der Waals surface area contributed by atoms with Gasteiger partial charge in [0.2, 0.25) is 5.91 Å². The number of amides is 3. The van der Waals surface area contributed by atoms with E-state index in [1.807, 2.05) is 0 Å². The zero-order valence-corrected chi connectivity index (χ0v) is 19.2. The van der Waals surface area contributed by atoms with Gasteiger partial charge < -0.3 is 15.1 Å². The SMILES string of the molecule is CC(=O)N1CCC(N2Cc3c(nc(C)nc3N[C@H](C)c3cccc(C(F)F)c3F)NC2=O)CC1. The molecule has 4 rings (SSSR count). The summed E-state index contributed by atoms with van der Waals surface area (Å²) in [5, 5.41) is 5.94. The van der Waals surface area contributed by atoms with Crippen molar-refractivity contribution in [3.05, 3.63) is 46.5 Å². The van der Waals surface area contributed by atoms with Gasteiger partial charge in [0.05, 0.1) is 23.7 Å². The summed E-state index contributed by atoms with van der Waals surface area (Å²) < 4.78 is 41.0. The number of piperidine rings is 1. The van der Waals surface area contributed by atoms with Crippen molar-refractivity contribution in [1.29, 1.82) is 0 Å². The molecular formula is C23H27F3N6O2. The van der Waals surface area contributed by atoms with E-state index in [9.17, 15) is 22.8 Å². The Bertz CT molecular complexity index is 1100. The standard InChI is InChI=1S/C23H27F3N6O2/c1-12(16-5-4-6-17(19(16)24)20(25)26)27-21-18-11-32(15-7-9-31(10-8-15)14(3)33)23(34)30-22(18)29-13(2)28-21/h4-6,12,15,20H,7-11H2,1-3H3,(H2,27,28,29,30,34)/t12-/m1/s1. The molecule has 2 aromatic rings. The summed E-state index contributed by atoms with van der Waals surface area (Å²) in [7, 11) is 0. The molecule has 0 spiro atoms. The lowest BCUT2D eigenvalue weighted by Crippen LogP contribution is -2.51. The summed E-state index contributed by atoms with van der Waals surface area (Å²) in [5.41, 5.74) is 0.0787. The van der Waals surface area contributed by atoms with Gasteiger partial charge in [-0.05, 0) is 26.7 Å². The first-order valence-electron chi connectivity index (χ1n) is 11.2. The van der Waals surface area contributed by atoms with E-state index in [-0.39, 0.29) is 30.1 Å². The molecule has 1 saturated heterocycles. The molecule has 34 heavy (non-hydrogen) atoms. The van der Waals surface area contributed by atoms with Crippen LogP contribution in [0.5, 0.6) is 0 Å². The predicted molar refractivity (Wildman–Crippen MR) is 120 cm³/mol. The van der Waals surface area contributed by atoms with Gasteiger partial charge in [-0.15, -0.1) is 0 Å². The number of hydrogen-bond acceptors (Lipinski definition) is 5. The monoisotopic (exact) mass is 476 g/mol. The molecule has 0 bridgehead atoms. The van der Waals surface area contributed by atoms with Crippen molar-refractivity contribution in [2.24, 2.45) is 0 Å². The molecule has 0 unspecified atom stereocenters. The van der Waals surface area contributed by atoms with E-state index >= 15 is 0 Å². The number of hydrogen-bond donors (Lipinski definition) is 2. The van der Waals surface area contributed by atoms with Crippen molar-refractivity contribution in [1.82, 2.24) is 19.8 Å². The number of benzene rings is 1. The van der Waals surface area contributed by atoms with Crippen LogP contribution in [-0.4, -0.2) is 50.8 Å². The van der Waals surface area contributed by atoms with Gasteiger partial charge in [0, 0.05) is 31.6 Å². The highest BCUT2D eigenvalue weighted by molar-refractivity contribution is 5.92. The van der Waals surface area contributed by atoms with E-state index < -0.39 is 23.8 Å². The number of carbonyl (C=O) groups excluding carboxylic acids is 2. The fourth-order valence-corrected chi connectivity index (χ4v) is 4.53. The maximum atomic E-state index is 14.7. The number of rotatable bonds is 5. The van der Waals surface area contributed by atoms with Crippen molar-refractivity contribution in [2.75, 3.05) is 23.7 Å². The van der Waals surface area contributed by atoms with Crippen LogP contribution in [0.2, 0.25) is 0 Å². The van der Waals surface area contributed by atoms with E-state index in [2.05, 4.69) is 20.6 Å². The van der Waals surface area contributed by atoms with Gasteiger partial charge in [-0.25, -0.2) is 27.9 Å². The molecule has 182 valence electrons. The summed E-state index contributed by atoms with van der Waals surface area (Å²) in [5.74, 6) is 0.233. The number of anilines is 2. The fraction of sp³-hybridized carbons (Fsp3) is 0.478. The number of likely N-dealkylation sites (tertiary alicyclic amines) is 1. The third-order valence-corrected chi connectivity index (χ3v) is 6.40. The number of alkyl halides is 2. The van der Waals surface area contributed by atoms with Crippen LogP contribution in [0.3, 0.4) is 0 Å². The molecule has 0 saturated carbocycles. The highest BCUT2D eigenvalue weighted by Gasteiger charge is 2.34. The summed E-state index contributed by atoms with van der Waals surface area (Å²) in [6.07, 6.45) is -1.61. The Kier molecular flexibility index (Phi) is 6.63. The smallest absolute Gasteiger partial charge is 0.323 e. The number of carbonyl (C=O) groups is 2. The fourth-order valence-electron chi connectivity index (χ4n) is 4.53. The molecule has 8 nitrogen and oxygen atoms in total. The molecule has 1 aromatic carbocycles. The first kappa shape index (κ1) is 23.8. The van der Waals surface area contributed by atoms with E-state index in [1.54, 1.807) is 23.6 Å². The van der Waals surface area contributed by atoms with Gasteiger partial charge in [0.15, 0.2) is 0 Å².